The Kier molecular flexibility index (Phi) is 17.6. The average molecular weight is 260 g/mol. The molecule has 1 saturated heterocycles. The number of carbonyl (C=O) groups excluding carboxylic acids is 1. The number of morpholine rings is 1. The highest BCUT2D eigenvalue weighted by Crippen LogP contribution is 1.96. The van der Waals surface area contributed by atoms with Gasteiger partial charge in [-0.15, -0.1) is 0 Å². The van der Waals surface area contributed by atoms with Crippen LogP contribution in [0.2, 0.25) is 0 Å². The van der Waals surface area contributed by atoms with Gasteiger partial charge in [0.25, 0.3) is 0 Å². The number of ether oxygens (including phenoxy) is 1. The summed E-state index contributed by atoms with van der Waals surface area (Å²) in [4.78, 5) is 12.7. The molecule has 0 aromatic heterocycles. The topological polar surface area (TPSA) is 41.6 Å². The van der Waals surface area contributed by atoms with Gasteiger partial charge in [0.15, 0.2) is 0 Å². The summed E-state index contributed by atoms with van der Waals surface area (Å²) in [6, 6.07) is -0.0108. The van der Waals surface area contributed by atoms with Crippen LogP contribution in [0, 0.1) is 0 Å². The zero-order chi connectivity index (χ0) is 14.2. The lowest BCUT2D eigenvalue weighted by molar-refractivity contribution is 0.0537. The highest BCUT2D eigenvalue weighted by atomic mass is 16.5. The molecule has 4 nitrogen and oxygen atoms in total. The Morgan fingerprint density at radius 1 is 1.11 bits per heavy atom. The predicted octanol–water partition coefficient (Wildman–Crippen LogP) is 3.27. The molecule has 0 atom stereocenters. The van der Waals surface area contributed by atoms with E-state index in [-0.39, 0.29) is 6.03 Å². The molecule has 18 heavy (non-hydrogen) atoms. The van der Waals surface area contributed by atoms with Crippen molar-refractivity contribution in [1.82, 2.24) is 10.2 Å². The summed E-state index contributed by atoms with van der Waals surface area (Å²) >= 11 is 0. The van der Waals surface area contributed by atoms with E-state index in [9.17, 15) is 4.79 Å². The Hall–Kier alpha value is -0.770. The van der Waals surface area contributed by atoms with Gasteiger partial charge in [0.1, 0.15) is 0 Å². The van der Waals surface area contributed by atoms with Crippen LogP contribution in [-0.4, -0.2) is 44.3 Å². The Balaban J connectivity index is 0. The molecule has 1 N–H and O–H groups in total. The third-order valence-electron chi connectivity index (χ3n) is 2.47. The van der Waals surface area contributed by atoms with Gasteiger partial charge in [-0.05, 0) is 0 Å². The molecule has 0 aromatic carbocycles. The number of hydrogen-bond donors (Lipinski definition) is 1. The molecule has 110 valence electrons. The number of nitrogens with one attached hydrogen (secondary N) is 1. The van der Waals surface area contributed by atoms with Gasteiger partial charge in [0.2, 0.25) is 0 Å². The first-order valence-electron chi connectivity index (χ1n) is 7.30. The molecule has 0 aromatic rings. The van der Waals surface area contributed by atoms with Gasteiger partial charge in [-0.2, -0.15) is 0 Å². The summed E-state index contributed by atoms with van der Waals surface area (Å²) in [5.74, 6) is 0. The van der Waals surface area contributed by atoms with Gasteiger partial charge in [-0.25, -0.2) is 4.79 Å². The summed E-state index contributed by atoms with van der Waals surface area (Å²) in [6.45, 7) is 11.2. The maximum Gasteiger partial charge on any atom is 0.317 e. The molecule has 1 fully saturated rings. The van der Waals surface area contributed by atoms with E-state index in [1.165, 1.54) is 25.7 Å². The van der Waals surface area contributed by atoms with Gasteiger partial charge in [0, 0.05) is 20.1 Å². The fourth-order valence-electron chi connectivity index (χ4n) is 1.42. The van der Waals surface area contributed by atoms with E-state index in [0.717, 1.165) is 0 Å². The smallest absolute Gasteiger partial charge is 0.317 e. The van der Waals surface area contributed by atoms with E-state index in [1.54, 1.807) is 11.9 Å². The fraction of sp³-hybridized carbons (Fsp3) is 0.929. The lowest BCUT2D eigenvalue weighted by Gasteiger charge is -2.26. The summed E-state index contributed by atoms with van der Waals surface area (Å²) in [7, 11) is 1.64. The number of hydrogen-bond acceptors (Lipinski definition) is 2. The number of unbranched alkanes of at least 4 members (excludes halogenated alkanes) is 3. The number of urea groups is 1. The third kappa shape index (κ3) is 11.7. The van der Waals surface area contributed by atoms with Crippen molar-refractivity contribution in [2.45, 2.75) is 53.4 Å². The minimum atomic E-state index is -0.0108. The average Bonchev–Trinajstić information content (AvgIpc) is 2.48. The van der Waals surface area contributed by atoms with Crippen LogP contribution in [-0.2, 0) is 4.74 Å². The van der Waals surface area contributed by atoms with Crippen LogP contribution in [0.25, 0.3) is 0 Å². The van der Waals surface area contributed by atoms with Crippen LogP contribution in [0.1, 0.15) is 53.4 Å². The van der Waals surface area contributed by atoms with E-state index in [4.69, 9.17) is 4.74 Å². The molecular formula is C14H32N2O2. The molecule has 0 saturated carbocycles. The van der Waals surface area contributed by atoms with Crippen molar-refractivity contribution in [2.75, 3.05) is 33.4 Å². The van der Waals surface area contributed by atoms with Crippen molar-refractivity contribution in [2.24, 2.45) is 0 Å². The van der Waals surface area contributed by atoms with Gasteiger partial charge in [0.05, 0.1) is 13.2 Å². The van der Waals surface area contributed by atoms with Gasteiger partial charge in [-0.1, -0.05) is 53.4 Å². The van der Waals surface area contributed by atoms with E-state index in [1.807, 2.05) is 13.8 Å². The fourth-order valence-corrected chi connectivity index (χ4v) is 1.42. The summed E-state index contributed by atoms with van der Waals surface area (Å²) < 4.78 is 5.07. The predicted molar refractivity (Wildman–Crippen MR) is 78.0 cm³/mol. The van der Waals surface area contributed by atoms with Gasteiger partial charge >= 0.3 is 6.03 Å². The monoisotopic (exact) mass is 260 g/mol. The molecule has 0 bridgehead atoms. The van der Waals surface area contributed by atoms with E-state index in [0.29, 0.717) is 26.3 Å². The molecule has 4 heteroatoms. The first-order valence-corrected chi connectivity index (χ1v) is 7.30. The number of amides is 2. The van der Waals surface area contributed by atoms with Gasteiger partial charge in [-0.3, -0.25) is 0 Å². The number of nitrogens with zero attached hydrogens (tertiary/aromatic N) is 1. The van der Waals surface area contributed by atoms with Crippen molar-refractivity contribution in [3.05, 3.63) is 0 Å². The van der Waals surface area contributed by atoms with E-state index < -0.39 is 0 Å². The number of carbonyl (C=O) groups is 1. The summed E-state index contributed by atoms with van der Waals surface area (Å²) in [6.07, 6.45) is 5.54. The zero-order valence-electron chi connectivity index (χ0n) is 12.9. The van der Waals surface area contributed by atoms with Crippen LogP contribution in [0.5, 0.6) is 0 Å². The molecular weight excluding hydrogens is 228 g/mol. The second-order valence-electron chi connectivity index (χ2n) is 3.86. The highest BCUT2D eigenvalue weighted by molar-refractivity contribution is 5.73. The molecule has 0 unspecified atom stereocenters. The summed E-state index contributed by atoms with van der Waals surface area (Å²) in [5, 5.41) is 2.57. The quantitative estimate of drug-likeness (QED) is 0.791. The maximum absolute atomic E-state index is 10.9. The van der Waals surface area contributed by atoms with Crippen LogP contribution < -0.4 is 5.32 Å². The van der Waals surface area contributed by atoms with Crippen LogP contribution in [0.3, 0.4) is 0 Å². The van der Waals surface area contributed by atoms with Crippen LogP contribution in [0.15, 0.2) is 0 Å². The molecule has 0 radical (unpaired) electrons. The van der Waals surface area contributed by atoms with Crippen molar-refractivity contribution in [3.8, 4) is 0 Å². The molecule has 2 amide bonds. The minimum absolute atomic E-state index is 0.0108. The SMILES string of the molecule is CC.CCCCCC.CNC(=O)N1CCOCC1. The third-order valence-corrected chi connectivity index (χ3v) is 2.47. The minimum Gasteiger partial charge on any atom is -0.378 e. The largest absolute Gasteiger partial charge is 0.378 e. The number of rotatable bonds is 3. The Morgan fingerprint density at radius 3 is 1.89 bits per heavy atom. The molecule has 0 spiro atoms. The van der Waals surface area contributed by atoms with Crippen molar-refractivity contribution in [1.29, 1.82) is 0 Å². The lowest BCUT2D eigenvalue weighted by atomic mass is 10.2. The second kappa shape index (κ2) is 16.2. The molecule has 1 aliphatic rings. The first kappa shape index (κ1) is 19.6. The molecule has 1 rings (SSSR count). The van der Waals surface area contributed by atoms with Crippen molar-refractivity contribution < 1.29 is 9.53 Å². The molecule has 1 aliphatic heterocycles. The molecule has 0 aliphatic carbocycles. The summed E-state index contributed by atoms with van der Waals surface area (Å²) in [5.41, 5.74) is 0. The standard InChI is InChI=1S/C6H12N2O2.C6H14.C2H6/c1-7-6(9)8-2-4-10-5-3-8;1-3-5-6-4-2;1-2/h2-5H2,1H3,(H,7,9);3-6H2,1-2H3;1-2H3. The second-order valence-corrected chi connectivity index (χ2v) is 3.86. The first-order chi connectivity index (χ1) is 8.76. The van der Waals surface area contributed by atoms with Crippen LogP contribution >= 0.6 is 0 Å². The van der Waals surface area contributed by atoms with Crippen LogP contribution in [0.4, 0.5) is 4.79 Å². The van der Waals surface area contributed by atoms with E-state index >= 15 is 0 Å². The normalized spacial score (nSPS) is 13.7. The van der Waals surface area contributed by atoms with Crippen molar-refractivity contribution in [3.63, 3.8) is 0 Å². The van der Waals surface area contributed by atoms with Gasteiger partial charge < -0.3 is 15.0 Å². The lowest BCUT2D eigenvalue weighted by Crippen LogP contribution is -2.44. The Bertz CT molecular complexity index is 165. The Morgan fingerprint density at radius 2 is 1.56 bits per heavy atom. The molecule has 1 heterocycles. The highest BCUT2D eigenvalue weighted by Gasteiger charge is 2.14. The Labute approximate surface area is 113 Å². The van der Waals surface area contributed by atoms with Crippen molar-refractivity contribution >= 4 is 6.03 Å². The maximum atomic E-state index is 10.9. The van der Waals surface area contributed by atoms with E-state index in [2.05, 4.69) is 19.2 Å². The zero-order valence-corrected chi connectivity index (χ0v) is 12.9.